The third-order valence-electron chi connectivity index (χ3n) is 2.76. The van der Waals surface area contributed by atoms with Gasteiger partial charge in [-0.2, -0.15) is 0 Å². The molecule has 0 aliphatic heterocycles. The molecule has 0 saturated heterocycles. The van der Waals surface area contributed by atoms with Crippen LogP contribution in [0.3, 0.4) is 0 Å². The number of rotatable bonds is 2. The van der Waals surface area contributed by atoms with Crippen LogP contribution in [0.4, 0.5) is 0 Å². The Morgan fingerprint density at radius 2 is 2.11 bits per heavy atom. The van der Waals surface area contributed by atoms with Crippen molar-refractivity contribution in [2.75, 3.05) is 7.11 Å². The zero-order valence-electron chi connectivity index (χ0n) is 9.89. The summed E-state index contributed by atoms with van der Waals surface area (Å²) in [5, 5.41) is 0.340. The van der Waals surface area contributed by atoms with Crippen molar-refractivity contribution >= 4 is 10.9 Å². The summed E-state index contributed by atoms with van der Waals surface area (Å²) in [5.41, 5.74) is -0.0481. The van der Waals surface area contributed by atoms with Crippen LogP contribution in [0.1, 0.15) is 0 Å². The van der Waals surface area contributed by atoms with Gasteiger partial charge in [0.1, 0.15) is 5.75 Å². The molecule has 0 fully saturated rings. The van der Waals surface area contributed by atoms with Crippen molar-refractivity contribution in [1.82, 2.24) is 15.0 Å². The average molecular weight is 259 g/mol. The lowest BCUT2D eigenvalue weighted by atomic mass is 10.1. The van der Waals surface area contributed by atoms with Crippen LogP contribution < -0.4 is 16.0 Å². The fourth-order valence-corrected chi connectivity index (χ4v) is 1.91. The highest BCUT2D eigenvalue weighted by Crippen LogP contribution is 2.31. The molecule has 0 saturated carbocycles. The Morgan fingerprint density at radius 1 is 1.26 bits per heavy atom. The van der Waals surface area contributed by atoms with Crippen LogP contribution in [0.5, 0.6) is 5.75 Å². The summed E-state index contributed by atoms with van der Waals surface area (Å²) in [6.45, 7) is 0. The highest BCUT2D eigenvalue weighted by Gasteiger charge is 2.13. The first-order valence-electron chi connectivity index (χ1n) is 5.42. The second kappa shape index (κ2) is 4.13. The molecule has 7 nitrogen and oxygen atoms in total. The Hall–Kier alpha value is -2.83. The number of ether oxygens (including phenoxy) is 1. The van der Waals surface area contributed by atoms with Gasteiger partial charge < -0.3 is 14.1 Å². The summed E-state index contributed by atoms with van der Waals surface area (Å²) in [5.74, 6) is 0.954. The number of H-pyrrole nitrogens is 2. The van der Waals surface area contributed by atoms with E-state index in [-0.39, 0.29) is 0 Å². The predicted molar refractivity (Wildman–Crippen MR) is 67.2 cm³/mol. The minimum Gasteiger partial charge on any atom is -0.496 e. The topological polar surface area (TPSA) is 101 Å². The number of aromatic nitrogens is 3. The third-order valence-corrected chi connectivity index (χ3v) is 2.76. The van der Waals surface area contributed by atoms with Crippen molar-refractivity contribution in [2.24, 2.45) is 0 Å². The maximum Gasteiger partial charge on any atom is 0.326 e. The van der Waals surface area contributed by atoms with Gasteiger partial charge in [0.05, 0.1) is 29.8 Å². The molecule has 0 spiro atoms. The van der Waals surface area contributed by atoms with Crippen LogP contribution in [-0.4, -0.2) is 22.1 Å². The molecule has 19 heavy (non-hydrogen) atoms. The lowest BCUT2D eigenvalue weighted by molar-refractivity contribution is 0.415. The normalized spacial score (nSPS) is 10.8. The average Bonchev–Trinajstić information content (AvgIpc) is 2.91. The van der Waals surface area contributed by atoms with Crippen molar-refractivity contribution in [3.63, 3.8) is 0 Å². The molecule has 2 heterocycles. The zero-order chi connectivity index (χ0) is 13.4. The van der Waals surface area contributed by atoms with E-state index in [2.05, 4.69) is 15.0 Å². The summed E-state index contributed by atoms with van der Waals surface area (Å²) >= 11 is 0. The monoisotopic (exact) mass is 259 g/mol. The molecule has 0 aliphatic rings. The van der Waals surface area contributed by atoms with Gasteiger partial charge in [0.25, 0.3) is 5.56 Å². The first-order chi connectivity index (χ1) is 9.19. The SMILES string of the molecule is COc1cc2[nH]c(=O)[nH]c(=O)c2cc1-c1cnco1. The minimum absolute atomic E-state index is 0.340. The Labute approximate surface area is 105 Å². The van der Waals surface area contributed by atoms with Crippen molar-refractivity contribution in [1.29, 1.82) is 0 Å². The third kappa shape index (κ3) is 1.81. The van der Waals surface area contributed by atoms with Crippen LogP contribution in [0.2, 0.25) is 0 Å². The van der Waals surface area contributed by atoms with E-state index in [0.717, 1.165) is 0 Å². The van der Waals surface area contributed by atoms with Gasteiger partial charge in [-0.05, 0) is 6.07 Å². The number of nitrogens with one attached hydrogen (secondary N) is 2. The van der Waals surface area contributed by atoms with Gasteiger partial charge in [-0.25, -0.2) is 9.78 Å². The summed E-state index contributed by atoms with van der Waals surface area (Å²) in [6.07, 6.45) is 2.81. The molecule has 0 bridgehead atoms. The fourth-order valence-electron chi connectivity index (χ4n) is 1.91. The van der Waals surface area contributed by atoms with E-state index in [4.69, 9.17) is 9.15 Å². The molecule has 3 rings (SSSR count). The molecule has 0 amide bonds. The molecule has 3 aromatic rings. The van der Waals surface area contributed by atoms with E-state index < -0.39 is 11.2 Å². The first kappa shape index (κ1) is 11.3. The molecule has 0 atom stereocenters. The lowest BCUT2D eigenvalue weighted by Gasteiger charge is -2.07. The smallest absolute Gasteiger partial charge is 0.326 e. The van der Waals surface area contributed by atoms with Crippen LogP contribution in [0.25, 0.3) is 22.2 Å². The van der Waals surface area contributed by atoms with Crippen LogP contribution in [-0.2, 0) is 0 Å². The number of benzene rings is 1. The Kier molecular flexibility index (Phi) is 2.45. The number of oxazole rings is 1. The number of methoxy groups -OCH3 is 1. The second-order valence-electron chi connectivity index (χ2n) is 3.87. The van der Waals surface area contributed by atoms with Crippen molar-refractivity contribution in [3.05, 3.63) is 45.6 Å². The highest BCUT2D eigenvalue weighted by atomic mass is 16.5. The molecule has 0 radical (unpaired) electrons. The van der Waals surface area contributed by atoms with Gasteiger partial charge in [0.15, 0.2) is 12.2 Å². The fraction of sp³-hybridized carbons (Fsp3) is 0.0833. The molecular weight excluding hydrogens is 250 g/mol. The number of hydrogen-bond donors (Lipinski definition) is 2. The molecular formula is C12H9N3O4. The van der Waals surface area contributed by atoms with Crippen LogP contribution in [0.15, 0.2) is 38.7 Å². The van der Waals surface area contributed by atoms with Crippen molar-refractivity contribution < 1.29 is 9.15 Å². The van der Waals surface area contributed by atoms with E-state index in [0.29, 0.717) is 28.0 Å². The maximum absolute atomic E-state index is 11.8. The molecule has 96 valence electrons. The van der Waals surface area contributed by atoms with Gasteiger partial charge >= 0.3 is 5.69 Å². The van der Waals surface area contributed by atoms with Gasteiger partial charge in [0.2, 0.25) is 0 Å². The molecule has 0 aliphatic carbocycles. The molecule has 7 heteroatoms. The molecule has 2 aromatic heterocycles. The summed E-state index contributed by atoms with van der Waals surface area (Å²) in [7, 11) is 1.49. The highest BCUT2D eigenvalue weighted by molar-refractivity contribution is 5.86. The van der Waals surface area contributed by atoms with E-state index in [1.807, 2.05) is 0 Å². The Bertz CT molecular complexity index is 846. The van der Waals surface area contributed by atoms with E-state index in [9.17, 15) is 9.59 Å². The Balaban J connectivity index is 2.40. The molecule has 1 aromatic carbocycles. The van der Waals surface area contributed by atoms with E-state index in [1.54, 1.807) is 12.1 Å². The minimum atomic E-state index is -0.563. The van der Waals surface area contributed by atoms with Crippen molar-refractivity contribution in [2.45, 2.75) is 0 Å². The quantitative estimate of drug-likeness (QED) is 0.711. The number of aromatic amines is 2. The van der Waals surface area contributed by atoms with E-state index >= 15 is 0 Å². The van der Waals surface area contributed by atoms with Gasteiger partial charge in [-0.3, -0.25) is 9.78 Å². The molecule has 2 N–H and O–H groups in total. The summed E-state index contributed by atoms with van der Waals surface area (Å²) < 4.78 is 10.4. The second-order valence-corrected chi connectivity index (χ2v) is 3.87. The van der Waals surface area contributed by atoms with Crippen LogP contribution in [0, 0.1) is 0 Å². The largest absolute Gasteiger partial charge is 0.496 e. The summed E-state index contributed by atoms with van der Waals surface area (Å²) in [4.78, 5) is 31.5. The predicted octanol–water partition coefficient (Wildman–Crippen LogP) is 0.880. The zero-order valence-corrected chi connectivity index (χ0v) is 9.89. The number of fused-ring (bicyclic) bond motifs is 1. The standard InChI is InChI=1S/C12H9N3O4/c1-18-9-3-8-6(11(16)15-12(17)14-8)2-7(9)10-4-13-5-19-10/h2-5H,1H3,(H2,14,15,16,17). The van der Waals surface area contributed by atoms with Gasteiger partial charge in [0, 0.05) is 6.07 Å². The molecule has 0 unspecified atom stereocenters. The lowest BCUT2D eigenvalue weighted by Crippen LogP contribution is -2.21. The maximum atomic E-state index is 11.8. The Morgan fingerprint density at radius 3 is 2.79 bits per heavy atom. The van der Waals surface area contributed by atoms with E-state index in [1.165, 1.54) is 19.7 Å². The number of nitrogens with zero attached hydrogens (tertiary/aromatic N) is 1. The van der Waals surface area contributed by atoms with Gasteiger partial charge in [-0.1, -0.05) is 0 Å². The van der Waals surface area contributed by atoms with Crippen LogP contribution >= 0.6 is 0 Å². The summed E-state index contributed by atoms with van der Waals surface area (Å²) in [6, 6.07) is 3.16. The van der Waals surface area contributed by atoms with Gasteiger partial charge in [-0.15, -0.1) is 0 Å². The van der Waals surface area contributed by atoms with Crippen molar-refractivity contribution in [3.8, 4) is 17.1 Å². The first-order valence-corrected chi connectivity index (χ1v) is 5.42. The number of hydrogen-bond acceptors (Lipinski definition) is 5.